The highest BCUT2D eigenvalue weighted by atomic mass is 19.4. The van der Waals surface area contributed by atoms with Crippen molar-refractivity contribution >= 4 is 5.91 Å². The standard InChI is InChI=1S/C20H23F3N4O/c21-20(22,23)16-5-3-15(4-6-16)13-18(28)27-12-11-26-10-7-24-19(26)17(27)14-25-8-1-2-9-25/h3-7,10,17H,1-2,8-9,11-14H2. The zero-order chi connectivity index (χ0) is 19.7. The summed E-state index contributed by atoms with van der Waals surface area (Å²) in [4.78, 5) is 21.7. The first-order valence-electron chi connectivity index (χ1n) is 9.61. The number of carbonyl (C=O) groups excluding carboxylic acids is 1. The lowest BCUT2D eigenvalue weighted by Gasteiger charge is -2.38. The number of nitrogens with zero attached hydrogens (tertiary/aromatic N) is 4. The molecule has 8 heteroatoms. The van der Waals surface area contributed by atoms with Crippen molar-refractivity contribution in [1.82, 2.24) is 19.4 Å². The maximum absolute atomic E-state index is 13.0. The van der Waals surface area contributed by atoms with E-state index in [1.165, 1.54) is 25.0 Å². The number of hydrogen-bond donors (Lipinski definition) is 0. The monoisotopic (exact) mass is 392 g/mol. The zero-order valence-electron chi connectivity index (χ0n) is 15.5. The molecule has 0 spiro atoms. The van der Waals surface area contributed by atoms with Crippen molar-refractivity contribution in [3.63, 3.8) is 0 Å². The summed E-state index contributed by atoms with van der Waals surface area (Å²) in [5, 5.41) is 0. The number of aromatic nitrogens is 2. The van der Waals surface area contributed by atoms with Crippen LogP contribution in [0.4, 0.5) is 13.2 Å². The van der Waals surface area contributed by atoms with Crippen molar-refractivity contribution in [3.05, 3.63) is 53.6 Å². The highest BCUT2D eigenvalue weighted by Crippen LogP contribution is 2.30. The Morgan fingerprint density at radius 3 is 2.46 bits per heavy atom. The Labute approximate surface area is 161 Å². The summed E-state index contributed by atoms with van der Waals surface area (Å²) in [5.41, 5.74) is -0.109. The molecule has 1 atom stereocenters. The summed E-state index contributed by atoms with van der Waals surface area (Å²) in [6.45, 7) is 4.07. The number of halogens is 3. The third-order valence-corrected chi connectivity index (χ3v) is 5.59. The van der Waals surface area contributed by atoms with Crippen molar-refractivity contribution in [3.8, 4) is 0 Å². The Balaban J connectivity index is 1.50. The SMILES string of the molecule is O=C(Cc1ccc(C(F)(F)F)cc1)N1CCn2ccnc2C1CN1CCCC1. The van der Waals surface area contributed by atoms with Crippen LogP contribution >= 0.6 is 0 Å². The first kappa shape index (κ1) is 19.0. The van der Waals surface area contributed by atoms with Crippen molar-refractivity contribution in [1.29, 1.82) is 0 Å². The van der Waals surface area contributed by atoms with Crippen LogP contribution in [0, 0.1) is 0 Å². The molecule has 2 aromatic rings. The van der Waals surface area contributed by atoms with Gasteiger partial charge >= 0.3 is 6.18 Å². The van der Waals surface area contributed by atoms with Gasteiger partial charge in [0.05, 0.1) is 12.0 Å². The Bertz CT molecular complexity index is 825. The van der Waals surface area contributed by atoms with Crippen LogP contribution in [-0.2, 0) is 23.9 Å². The number of likely N-dealkylation sites (tertiary alicyclic amines) is 1. The number of carbonyl (C=O) groups is 1. The molecule has 2 aliphatic heterocycles. The summed E-state index contributed by atoms with van der Waals surface area (Å²) in [7, 11) is 0. The predicted molar refractivity (Wildman–Crippen MR) is 97.5 cm³/mol. The first-order chi connectivity index (χ1) is 13.4. The third kappa shape index (κ3) is 3.92. The van der Waals surface area contributed by atoms with Crippen LogP contribution in [0.1, 0.15) is 35.8 Å². The number of alkyl halides is 3. The first-order valence-corrected chi connectivity index (χ1v) is 9.61. The number of benzene rings is 1. The Morgan fingerprint density at radius 2 is 1.79 bits per heavy atom. The fraction of sp³-hybridized carbons (Fsp3) is 0.500. The number of fused-ring (bicyclic) bond motifs is 1. The van der Waals surface area contributed by atoms with Crippen molar-refractivity contribution < 1.29 is 18.0 Å². The molecule has 1 amide bonds. The molecule has 0 N–H and O–H groups in total. The molecule has 1 fully saturated rings. The van der Waals surface area contributed by atoms with Crippen LogP contribution in [-0.4, -0.2) is 51.4 Å². The molecule has 1 saturated heterocycles. The fourth-order valence-corrected chi connectivity index (χ4v) is 4.09. The summed E-state index contributed by atoms with van der Waals surface area (Å²) >= 11 is 0. The van der Waals surface area contributed by atoms with E-state index in [-0.39, 0.29) is 18.4 Å². The molecule has 0 radical (unpaired) electrons. The van der Waals surface area contributed by atoms with Gasteiger partial charge in [-0.2, -0.15) is 13.2 Å². The fourth-order valence-electron chi connectivity index (χ4n) is 4.09. The van der Waals surface area contributed by atoms with Crippen LogP contribution in [0.2, 0.25) is 0 Å². The van der Waals surface area contributed by atoms with Gasteiger partial charge in [-0.25, -0.2) is 4.98 Å². The van der Waals surface area contributed by atoms with Crippen molar-refractivity contribution in [2.24, 2.45) is 0 Å². The molecule has 150 valence electrons. The molecule has 0 aliphatic carbocycles. The van der Waals surface area contributed by atoms with E-state index in [1.807, 2.05) is 11.1 Å². The maximum atomic E-state index is 13.0. The predicted octanol–water partition coefficient (Wildman–Crippen LogP) is 3.12. The second-order valence-electron chi connectivity index (χ2n) is 7.46. The molecule has 0 bridgehead atoms. The third-order valence-electron chi connectivity index (χ3n) is 5.59. The molecule has 2 aliphatic rings. The van der Waals surface area contributed by atoms with E-state index in [1.54, 1.807) is 6.20 Å². The van der Waals surface area contributed by atoms with Gasteiger partial charge in [0.15, 0.2) is 0 Å². The van der Waals surface area contributed by atoms with Gasteiger partial charge in [0.25, 0.3) is 0 Å². The lowest BCUT2D eigenvalue weighted by atomic mass is 10.1. The van der Waals surface area contributed by atoms with Gasteiger partial charge in [-0.15, -0.1) is 0 Å². The highest BCUT2D eigenvalue weighted by molar-refractivity contribution is 5.79. The minimum Gasteiger partial charge on any atom is -0.331 e. The summed E-state index contributed by atoms with van der Waals surface area (Å²) in [6, 6.07) is 4.73. The van der Waals surface area contributed by atoms with Crippen LogP contribution in [0.5, 0.6) is 0 Å². The minimum atomic E-state index is -4.37. The average Bonchev–Trinajstić information content (AvgIpc) is 3.33. The van der Waals surface area contributed by atoms with E-state index in [0.717, 1.165) is 37.6 Å². The molecule has 28 heavy (non-hydrogen) atoms. The van der Waals surface area contributed by atoms with Crippen LogP contribution in [0.3, 0.4) is 0 Å². The lowest BCUT2D eigenvalue weighted by molar-refractivity contribution is -0.137. The number of imidazole rings is 1. The zero-order valence-corrected chi connectivity index (χ0v) is 15.5. The van der Waals surface area contributed by atoms with Crippen LogP contribution in [0.15, 0.2) is 36.7 Å². The smallest absolute Gasteiger partial charge is 0.331 e. The van der Waals surface area contributed by atoms with Gasteiger partial charge in [0.1, 0.15) is 11.9 Å². The van der Waals surface area contributed by atoms with Crippen LogP contribution in [0.25, 0.3) is 0 Å². The minimum absolute atomic E-state index is 0.0711. The van der Waals surface area contributed by atoms with Crippen molar-refractivity contribution in [2.45, 2.75) is 38.0 Å². The molecule has 1 unspecified atom stereocenters. The van der Waals surface area contributed by atoms with Gasteiger partial charge in [-0.1, -0.05) is 12.1 Å². The number of hydrogen-bond acceptors (Lipinski definition) is 3. The van der Waals surface area contributed by atoms with E-state index in [4.69, 9.17) is 0 Å². The van der Waals surface area contributed by atoms with E-state index >= 15 is 0 Å². The normalized spacial score (nSPS) is 20.4. The average molecular weight is 392 g/mol. The van der Waals surface area contributed by atoms with E-state index in [0.29, 0.717) is 18.7 Å². The molecule has 1 aromatic carbocycles. The topological polar surface area (TPSA) is 41.4 Å². The number of rotatable bonds is 4. The van der Waals surface area contributed by atoms with Crippen molar-refractivity contribution in [2.75, 3.05) is 26.2 Å². The molecule has 4 rings (SSSR count). The Hall–Kier alpha value is -2.35. The van der Waals surface area contributed by atoms with Gasteiger partial charge in [0, 0.05) is 32.0 Å². The van der Waals surface area contributed by atoms with E-state index in [2.05, 4.69) is 14.5 Å². The molecule has 0 saturated carbocycles. The van der Waals surface area contributed by atoms with E-state index < -0.39 is 11.7 Å². The maximum Gasteiger partial charge on any atom is 0.416 e. The summed E-state index contributed by atoms with van der Waals surface area (Å²) in [5.74, 6) is 0.817. The van der Waals surface area contributed by atoms with Gasteiger partial charge < -0.3 is 14.4 Å². The second kappa shape index (κ2) is 7.58. The van der Waals surface area contributed by atoms with Gasteiger partial charge in [-0.3, -0.25) is 4.79 Å². The molecule has 3 heterocycles. The molecular formula is C20H23F3N4O. The molecule has 5 nitrogen and oxygen atoms in total. The van der Waals surface area contributed by atoms with E-state index in [9.17, 15) is 18.0 Å². The highest BCUT2D eigenvalue weighted by Gasteiger charge is 2.34. The van der Waals surface area contributed by atoms with Gasteiger partial charge in [0.2, 0.25) is 5.91 Å². The second-order valence-corrected chi connectivity index (χ2v) is 7.46. The van der Waals surface area contributed by atoms with Gasteiger partial charge in [-0.05, 0) is 43.6 Å². The molecule has 1 aromatic heterocycles. The quantitative estimate of drug-likeness (QED) is 0.803. The Morgan fingerprint density at radius 1 is 1.07 bits per heavy atom. The largest absolute Gasteiger partial charge is 0.416 e. The Kier molecular flexibility index (Phi) is 5.14. The number of amides is 1. The van der Waals surface area contributed by atoms with Crippen LogP contribution < -0.4 is 0 Å². The lowest BCUT2D eigenvalue weighted by Crippen LogP contribution is -2.47. The summed E-state index contributed by atoms with van der Waals surface area (Å²) in [6.07, 6.45) is 1.75. The summed E-state index contributed by atoms with van der Waals surface area (Å²) < 4.78 is 40.3. The molecular weight excluding hydrogens is 369 g/mol.